The summed E-state index contributed by atoms with van der Waals surface area (Å²) in [5, 5.41) is 12.4. The van der Waals surface area contributed by atoms with Gasteiger partial charge in [-0.15, -0.1) is 0 Å². The van der Waals surface area contributed by atoms with Crippen LogP contribution in [0.5, 0.6) is 0 Å². The Morgan fingerprint density at radius 2 is 2.00 bits per heavy atom. The zero-order valence-electron chi connectivity index (χ0n) is 10.7. The van der Waals surface area contributed by atoms with Gasteiger partial charge >= 0.3 is 0 Å². The van der Waals surface area contributed by atoms with Gasteiger partial charge in [0.15, 0.2) is 0 Å². The van der Waals surface area contributed by atoms with Gasteiger partial charge in [0.1, 0.15) is 0 Å². The average Bonchev–Trinajstić information content (AvgIpc) is 2.36. The van der Waals surface area contributed by atoms with E-state index < -0.39 is 0 Å². The first-order valence-electron chi connectivity index (χ1n) is 6.57. The van der Waals surface area contributed by atoms with Gasteiger partial charge in [-0.05, 0) is 49.8 Å². The molecule has 1 amide bonds. The van der Waals surface area contributed by atoms with Crippen molar-refractivity contribution in [3.63, 3.8) is 0 Å². The summed E-state index contributed by atoms with van der Waals surface area (Å²) in [6.45, 7) is 0.665. The van der Waals surface area contributed by atoms with Crippen LogP contribution in [0.3, 0.4) is 0 Å². The highest BCUT2D eigenvalue weighted by molar-refractivity contribution is 9.10. The second-order valence-corrected chi connectivity index (χ2v) is 6.07. The number of hydrogen-bond acceptors (Lipinski definition) is 3. The smallest absolute Gasteiger partial charge is 0.251 e. The molecule has 0 aromatic heterocycles. The lowest BCUT2D eigenvalue weighted by molar-refractivity contribution is 0.0910. The predicted octanol–water partition coefficient (Wildman–Crippen LogP) is 2.31. The second-order valence-electron chi connectivity index (χ2n) is 5.16. The second kappa shape index (κ2) is 6.39. The van der Waals surface area contributed by atoms with Gasteiger partial charge < -0.3 is 16.2 Å². The summed E-state index contributed by atoms with van der Waals surface area (Å²) in [5.41, 5.74) is 6.86. The first-order chi connectivity index (χ1) is 9.04. The molecule has 1 aromatic carbocycles. The fourth-order valence-corrected chi connectivity index (χ4v) is 2.94. The molecule has 0 spiro atoms. The summed E-state index contributed by atoms with van der Waals surface area (Å²) in [6, 6.07) is 5.19. The van der Waals surface area contributed by atoms with Crippen molar-refractivity contribution in [2.24, 2.45) is 5.92 Å². The number of aliphatic hydroxyl groups is 1. The summed E-state index contributed by atoms with van der Waals surface area (Å²) >= 11 is 3.33. The molecule has 0 aliphatic heterocycles. The number of carbonyl (C=O) groups is 1. The molecule has 0 heterocycles. The summed E-state index contributed by atoms with van der Waals surface area (Å²) < 4.78 is 0.804. The van der Waals surface area contributed by atoms with Crippen molar-refractivity contribution in [3.05, 3.63) is 28.2 Å². The van der Waals surface area contributed by atoms with Gasteiger partial charge in [-0.1, -0.05) is 15.9 Å². The van der Waals surface area contributed by atoms with Crippen molar-refractivity contribution in [3.8, 4) is 0 Å². The van der Waals surface area contributed by atoms with E-state index in [2.05, 4.69) is 21.2 Å². The molecule has 0 saturated heterocycles. The normalized spacial score (nSPS) is 23.1. The van der Waals surface area contributed by atoms with Crippen LogP contribution in [-0.4, -0.2) is 23.7 Å². The molecule has 0 unspecified atom stereocenters. The highest BCUT2D eigenvalue weighted by Crippen LogP contribution is 2.23. The van der Waals surface area contributed by atoms with Crippen molar-refractivity contribution >= 4 is 27.5 Å². The molecule has 4 nitrogen and oxygen atoms in total. The highest BCUT2D eigenvalue weighted by atomic mass is 79.9. The Kier molecular flexibility index (Phi) is 4.82. The zero-order valence-corrected chi connectivity index (χ0v) is 12.3. The molecule has 1 aliphatic carbocycles. The molecular formula is C14H19BrN2O2. The highest BCUT2D eigenvalue weighted by Gasteiger charge is 2.20. The maximum Gasteiger partial charge on any atom is 0.251 e. The number of anilines is 1. The molecule has 0 bridgehead atoms. The Balaban J connectivity index is 1.87. The van der Waals surface area contributed by atoms with E-state index in [0.717, 1.165) is 30.2 Å². The molecule has 104 valence electrons. The lowest BCUT2D eigenvalue weighted by atomic mass is 9.87. The minimum absolute atomic E-state index is 0.0980. The van der Waals surface area contributed by atoms with Gasteiger partial charge in [0.05, 0.1) is 6.10 Å². The van der Waals surface area contributed by atoms with Crippen LogP contribution in [0.25, 0.3) is 0 Å². The third-order valence-corrected chi connectivity index (χ3v) is 4.01. The van der Waals surface area contributed by atoms with Crippen LogP contribution in [0.1, 0.15) is 36.0 Å². The van der Waals surface area contributed by atoms with Crippen LogP contribution in [0.15, 0.2) is 22.7 Å². The number of halogens is 1. The van der Waals surface area contributed by atoms with Crippen LogP contribution in [0.4, 0.5) is 5.69 Å². The molecular weight excluding hydrogens is 308 g/mol. The van der Waals surface area contributed by atoms with E-state index in [1.54, 1.807) is 18.2 Å². The summed E-state index contributed by atoms with van der Waals surface area (Å²) in [7, 11) is 0. The Morgan fingerprint density at radius 3 is 2.63 bits per heavy atom. The lowest BCUT2D eigenvalue weighted by Gasteiger charge is -2.25. The first-order valence-corrected chi connectivity index (χ1v) is 7.36. The quantitative estimate of drug-likeness (QED) is 0.746. The number of amides is 1. The SMILES string of the molecule is Nc1cc(Br)cc(C(=O)NCC2CCC(O)CC2)c1. The molecule has 2 rings (SSSR count). The topological polar surface area (TPSA) is 75.4 Å². The number of benzene rings is 1. The Bertz CT molecular complexity index is 437. The molecule has 5 heteroatoms. The van der Waals surface area contributed by atoms with Gasteiger partial charge in [-0.25, -0.2) is 0 Å². The minimum Gasteiger partial charge on any atom is -0.399 e. The van der Waals surface area contributed by atoms with E-state index in [1.807, 2.05) is 0 Å². The molecule has 0 radical (unpaired) electrons. The largest absolute Gasteiger partial charge is 0.399 e. The fourth-order valence-electron chi connectivity index (χ4n) is 2.43. The van der Waals surface area contributed by atoms with Crippen LogP contribution in [-0.2, 0) is 0 Å². The molecule has 19 heavy (non-hydrogen) atoms. The van der Waals surface area contributed by atoms with E-state index in [1.165, 1.54) is 0 Å². The number of rotatable bonds is 3. The van der Waals surface area contributed by atoms with Crippen LogP contribution >= 0.6 is 15.9 Å². The van der Waals surface area contributed by atoms with E-state index >= 15 is 0 Å². The molecule has 1 saturated carbocycles. The number of carbonyl (C=O) groups excluding carboxylic acids is 1. The van der Waals surface area contributed by atoms with Gasteiger partial charge in [0.25, 0.3) is 5.91 Å². The predicted molar refractivity (Wildman–Crippen MR) is 78.9 cm³/mol. The lowest BCUT2D eigenvalue weighted by Crippen LogP contribution is -2.32. The Hall–Kier alpha value is -1.07. The van der Waals surface area contributed by atoms with Gasteiger partial charge in [0.2, 0.25) is 0 Å². The molecule has 4 N–H and O–H groups in total. The third-order valence-electron chi connectivity index (χ3n) is 3.55. The third kappa shape index (κ3) is 4.21. The van der Waals surface area contributed by atoms with Crippen LogP contribution in [0, 0.1) is 5.92 Å². The zero-order chi connectivity index (χ0) is 13.8. The van der Waals surface area contributed by atoms with Crippen molar-refractivity contribution in [1.29, 1.82) is 0 Å². The maximum absolute atomic E-state index is 12.0. The summed E-state index contributed by atoms with van der Waals surface area (Å²) in [5.74, 6) is 0.371. The number of nitrogens with one attached hydrogen (secondary N) is 1. The number of aliphatic hydroxyl groups excluding tert-OH is 1. The monoisotopic (exact) mass is 326 g/mol. The number of nitrogens with two attached hydrogens (primary N) is 1. The molecule has 1 aromatic rings. The van der Waals surface area contributed by atoms with E-state index in [4.69, 9.17) is 5.73 Å². The summed E-state index contributed by atoms with van der Waals surface area (Å²) in [6.07, 6.45) is 3.47. The van der Waals surface area contributed by atoms with Crippen molar-refractivity contribution in [1.82, 2.24) is 5.32 Å². The van der Waals surface area contributed by atoms with Crippen molar-refractivity contribution in [2.75, 3.05) is 12.3 Å². The van der Waals surface area contributed by atoms with Crippen molar-refractivity contribution in [2.45, 2.75) is 31.8 Å². The Labute approximate surface area is 121 Å². The minimum atomic E-state index is -0.156. The average molecular weight is 327 g/mol. The molecule has 1 aliphatic rings. The van der Waals surface area contributed by atoms with E-state index in [0.29, 0.717) is 23.7 Å². The molecule has 0 atom stereocenters. The van der Waals surface area contributed by atoms with Crippen molar-refractivity contribution < 1.29 is 9.90 Å². The summed E-state index contributed by atoms with van der Waals surface area (Å²) in [4.78, 5) is 12.0. The van der Waals surface area contributed by atoms with Crippen LogP contribution in [0.2, 0.25) is 0 Å². The maximum atomic E-state index is 12.0. The van der Waals surface area contributed by atoms with Crippen LogP contribution < -0.4 is 11.1 Å². The standard InChI is InChI=1S/C14H19BrN2O2/c15-11-5-10(6-12(16)7-11)14(19)17-8-9-1-3-13(18)4-2-9/h5-7,9,13,18H,1-4,8,16H2,(H,17,19). The van der Waals surface area contributed by atoms with Gasteiger partial charge in [0, 0.05) is 22.3 Å². The Morgan fingerprint density at radius 1 is 1.32 bits per heavy atom. The first kappa shape index (κ1) is 14.3. The number of hydrogen-bond donors (Lipinski definition) is 3. The van der Waals surface area contributed by atoms with Gasteiger partial charge in [-0.3, -0.25) is 4.79 Å². The molecule has 1 fully saturated rings. The fraction of sp³-hybridized carbons (Fsp3) is 0.500. The number of nitrogen functional groups attached to an aromatic ring is 1. The van der Waals surface area contributed by atoms with Gasteiger partial charge in [-0.2, -0.15) is 0 Å². The van der Waals surface area contributed by atoms with E-state index in [-0.39, 0.29) is 12.0 Å². The van der Waals surface area contributed by atoms with E-state index in [9.17, 15) is 9.90 Å².